The summed E-state index contributed by atoms with van der Waals surface area (Å²) in [6.07, 6.45) is 4.70. The van der Waals surface area contributed by atoms with Crippen LogP contribution in [0.1, 0.15) is 37.3 Å². The molecule has 0 nitrogen and oxygen atoms in total. The average molecular weight is 290 g/mol. The van der Waals surface area contributed by atoms with Crippen molar-refractivity contribution in [3.8, 4) is 0 Å². The Bertz CT molecular complexity index is 309. The monoisotopic (exact) mass is 288 g/mol. The van der Waals surface area contributed by atoms with E-state index in [-0.39, 0.29) is 0 Å². The predicted molar refractivity (Wildman–Crippen MR) is 72.1 cm³/mol. The van der Waals surface area contributed by atoms with Crippen LogP contribution in [0, 0.1) is 6.92 Å². The molecule has 0 N–H and O–H groups in total. The quantitative estimate of drug-likeness (QED) is 0.658. The number of aryl methyl sites for hydroxylation is 2. The fourth-order valence-electron chi connectivity index (χ4n) is 1.62. The van der Waals surface area contributed by atoms with Crippen LogP contribution in [-0.2, 0) is 6.42 Å². The van der Waals surface area contributed by atoms with E-state index in [1.165, 1.54) is 24.0 Å². The van der Waals surface area contributed by atoms with Gasteiger partial charge in [0.05, 0.1) is 0 Å². The van der Waals surface area contributed by atoms with Gasteiger partial charge in [-0.2, -0.15) is 0 Å². The summed E-state index contributed by atoms with van der Waals surface area (Å²) in [6.45, 7) is 4.28. The Labute approximate surface area is 106 Å². The highest BCUT2D eigenvalue weighted by Crippen LogP contribution is 2.22. The van der Waals surface area contributed by atoms with Gasteiger partial charge in [0.2, 0.25) is 0 Å². The molecular formula is C13H18BrCl. The van der Waals surface area contributed by atoms with Crippen molar-refractivity contribution >= 4 is 27.5 Å². The lowest BCUT2D eigenvalue weighted by atomic mass is 10.0. The van der Waals surface area contributed by atoms with Crippen LogP contribution in [-0.4, -0.2) is 4.83 Å². The molecule has 0 heterocycles. The van der Waals surface area contributed by atoms with Crippen molar-refractivity contribution in [3.05, 3.63) is 34.3 Å². The summed E-state index contributed by atoms with van der Waals surface area (Å²) in [7, 11) is 0. The third-order valence-electron chi connectivity index (χ3n) is 2.54. The zero-order valence-corrected chi connectivity index (χ0v) is 11.7. The zero-order chi connectivity index (χ0) is 11.3. The van der Waals surface area contributed by atoms with E-state index in [9.17, 15) is 0 Å². The molecule has 0 aromatic heterocycles. The summed E-state index contributed by atoms with van der Waals surface area (Å²) in [5, 5.41) is 0.909. The Morgan fingerprint density at radius 3 is 2.67 bits per heavy atom. The first-order valence-electron chi connectivity index (χ1n) is 5.52. The number of benzene rings is 1. The maximum absolute atomic E-state index is 6.17. The third-order valence-corrected chi connectivity index (χ3v) is 3.80. The van der Waals surface area contributed by atoms with Gasteiger partial charge in [-0.15, -0.1) is 0 Å². The number of halogens is 2. The minimum Gasteiger partial charge on any atom is -0.0891 e. The van der Waals surface area contributed by atoms with Gasteiger partial charge in [0.1, 0.15) is 0 Å². The lowest BCUT2D eigenvalue weighted by Gasteiger charge is -2.09. The predicted octanol–water partition coefficient (Wildman–Crippen LogP) is 5.14. The van der Waals surface area contributed by atoms with E-state index in [0.29, 0.717) is 4.83 Å². The van der Waals surface area contributed by atoms with Crippen molar-refractivity contribution in [2.24, 2.45) is 0 Å². The summed E-state index contributed by atoms with van der Waals surface area (Å²) >= 11 is 9.87. The van der Waals surface area contributed by atoms with E-state index in [1.807, 2.05) is 6.07 Å². The van der Waals surface area contributed by atoms with E-state index in [4.69, 9.17) is 11.6 Å². The normalized spacial score (nSPS) is 12.8. The summed E-state index contributed by atoms with van der Waals surface area (Å²) in [5.41, 5.74) is 2.50. The van der Waals surface area contributed by atoms with E-state index >= 15 is 0 Å². The maximum atomic E-state index is 6.17. The molecule has 0 radical (unpaired) electrons. The Kier molecular flexibility index (Phi) is 5.70. The Morgan fingerprint density at radius 1 is 1.33 bits per heavy atom. The second-order valence-corrected chi connectivity index (χ2v) is 5.72. The number of hydrogen-bond acceptors (Lipinski definition) is 0. The molecule has 1 atom stereocenters. The van der Waals surface area contributed by atoms with Gasteiger partial charge in [-0.3, -0.25) is 0 Å². The molecule has 0 bridgehead atoms. The van der Waals surface area contributed by atoms with Gasteiger partial charge >= 0.3 is 0 Å². The minimum absolute atomic E-state index is 0.625. The standard InChI is InChI=1S/C13H18BrCl/c1-3-4-12(14)8-7-11-6-5-10(2)9-13(11)15/h5-6,9,12H,3-4,7-8H2,1-2H3. The molecule has 0 fully saturated rings. The van der Waals surface area contributed by atoms with Crippen LogP contribution in [0.3, 0.4) is 0 Å². The molecule has 0 aliphatic rings. The molecular weight excluding hydrogens is 272 g/mol. The minimum atomic E-state index is 0.625. The van der Waals surface area contributed by atoms with Gasteiger partial charge < -0.3 is 0 Å². The smallest absolute Gasteiger partial charge is 0.0440 e. The fraction of sp³-hybridized carbons (Fsp3) is 0.538. The SMILES string of the molecule is CCCC(Br)CCc1ccc(C)cc1Cl. The third kappa shape index (κ3) is 4.56. The van der Waals surface area contributed by atoms with Crippen LogP contribution in [0.4, 0.5) is 0 Å². The van der Waals surface area contributed by atoms with Crippen molar-refractivity contribution in [1.29, 1.82) is 0 Å². The van der Waals surface area contributed by atoms with Crippen LogP contribution in [0.15, 0.2) is 18.2 Å². The summed E-state index contributed by atoms with van der Waals surface area (Å²) in [4.78, 5) is 0.625. The molecule has 1 unspecified atom stereocenters. The van der Waals surface area contributed by atoms with Gasteiger partial charge in [-0.05, 0) is 43.4 Å². The maximum Gasteiger partial charge on any atom is 0.0440 e. The molecule has 0 amide bonds. The molecule has 84 valence electrons. The highest BCUT2D eigenvalue weighted by molar-refractivity contribution is 9.09. The van der Waals surface area contributed by atoms with Crippen LogP contribution in [0.2, 0.25) is 5.02 Å². The first-order chi connectivity index (χ1) is 7.13. The fourth-order valence-corrected chi connectivity index (χ4v) is 2.64. The van der Waals surface area contributed by atoms with E-state index in [0.717, 1.165) is 17.9 Å². The van der Waals surface area contributed by atoms with E-state index in [1.54, 1.807) is 0 Å². The van der Waals surface area contributed by atoms with E-state index in [2.05, 4.69) is 41.9 Å². The van der Waals surface area contributed by atoms with Gasteiger partial charge in [0.25, 0.3) is 0 Å². The average Bonchev–Trinajstić information content (AvgIpc) is 2.17. The van der Waals surface area contributed by atoms with Gasteiger partial charge in [-0.1, -0.05) is 53.0 Å². The lowest BCUT2D eigenvalue weighted by Crippen LogP contribution is -2.00. The zero-order valence-electron chi connectivity index (χ0n) is 9.39. The van der Waals surface area contributed by atoms with Crippen LogP contribution < -0.4 is 0 Å². The second-order valence-electron chi connectivity index (χ2n) is 4.02. The summed E-state index contributed by atoms with van der Waals surface area (Å²) in [5.74, 6) is 0. The van der Waals surface area contributed by atoms with Crippen molar-refractivity contribution < 1.29 is 0 Å². The van der Waals surface area contributed by atoms with Crippen LogP contribution in [0.25, 0.3) is 0 Å². The first-order valence-corrected chi connectivity index (χ1v) is 6.82. The Balaban J connectivity index is 2.50. The Morgan fingerprint density at radius 2 is 2.07 bits per heavy atom. The highest BCUT2D eigenvalue weighted by Gasteiger charge is 2.05. The topological polar surface area (TPSA) is 0 Å². The first kappa shape index (κ1) is 13.1. The highest BCUT2D eigenvalue weighted by atomic mass is 79.9. The van der Waals surface area contributed by atoms with Crippen molar-refractivity contribution in [2.45, 2.75) is 44.4 Å². The van der Waals surface area contributed by atoms with Crippen molar-refractivity contribution in [1.82, 2.24) is 0 Å². The van der Waals surface area contributed by atoms with Gasteiger partial charge in [0.15, 0.2) is 0 Å². The molecule has 15 heavy (non-hydrogen) atoms. The second kappa shape index (κ2) is 6.55. The molecule has 0 aliphatic carbocycles. The molecule has 1 aromatic carbocycles. The lowest BCUT2D eigenvalue weighted by molar-refractivity contribution is 0.693. The molecule has 0 aliphatic heterocycles. The molecule has 2 heteroatoms. The van der Waals surface area contributed by atoms with Crippen LogP contribution in [0.5, 0.6) is 0 Å². The number of alkyl halides is 1. The van der Waals surface area contributed by atoms with Crippen molar-refractivity contribution in [2.75, 3.05) is 0 Å². The summed E-state index contributed by atoms with van der Waals surface area (Å²) in [6, 6.07) is 6.31. The molecule has 0 spiro atoms. The molecule has 1 rings (SSSR count). The van der Waals surface area contributed by atoms with E-state index < -0.39 is 0 Å². The molecule has 0 saturated heterocycles. The largest absolute Gasteiger partial charge is 0.0891 e. The van der Waals surface area contributed by atoms with Crippen LogP contribution >= 0.6 is 27.5 Å². The molecule has 0 saturated carbocycles. The number of hydrogen-bond donors (Lipinski definition) is 0. The molecule has 1 aromatic rings. The Hall–Kier alpha value is -0.0100. The van der Waals surface area contributed by atoms with Crippen molar-refractivity contribution in [3.63, 3.8) is 0 Å². The summed E-state index contributed by atoms with van der Waals surface area (Å²) < 4.78 is 0. The number of rotatable bonds is 5. The van der Waals surface area contributed by atoms with Gasteiger partial charge in [-0.25, -0.2) is 0 Å². The van der Waals surface area contributed by atoms with Gasteiger partial charge in [0, 0.05) is 9.85 Å².